The van der Waals surface area contributed by atoms with Gasteiger partial charge in [0.1, 0.15) is 11.6 Å². The van der Waals surface area contributed by atoms with Crippen molar-refractivity contribution in [3.05, 3.63) is 52.3 Å². The number of aromatic nitrogens is 1. The fraction of sp³-hybridized carbons (Fsp3) is 0. The van der Waals surface area contributed by atoms with Gasteiger partial charge in [0, 0.05) is 12.3 Å². The molecule has 1 aromatic carbocycles. The largest absolute Gasteiger partial charge is 0.478 e. The number of pyridine rings is 1. The van der Waals surface area contributed by atoms with E-state index in [9.17, 15) is 13.6 Å². The first-order chi connectivity index (χ1) is 8.99. The van der Waals surface area contributed by atoms with E-state index in [4.69, 9.17) is 5.11 Å². The molecule has 0 radical (unpaired) electrons. The second-order valence-corrected chi connectivity index (χ2v) is 4.45. The Kier molecular flexibility index (Phi) is 3.75. The number of halogens is 3. The van der Waals surface area contributed by atoms with E-state index in [-0.39, 0.29) is 21.4 Å². The molecule has 0 amide bonds. The fourth-order valence-corrected chi connectivity index (χ4v) is 1.76. The number of nitrogens with zero attached hydrogens (tertiary/aromatic N) is 1. The van der Waals surface area contributed by atoms with Gasteiger partial charge >= 0.3 is 5.97 Å². The van der Waals surface area contributed by atoms with Gasteiger partial charge in [0.25, 0.3) is 0 Å². The minimum Gasteiger partial charge on any atom is -0.478 e. The highest BCUT2D eigenvalue weighted by Crippen LogP contribution is 2.27. The van der Waals surface area contributed by atoms with Crippen LogP contribution in [0.5, 0.6) is 0 Å². The molecule has 0 saturated carbocycles. The summed E-state index contributed by atoms with van der Waals surface area (Å²) in [4.78, 5) is 14.7. The van der Waals surface area contributed by atoms with E-state index in [2.05, 4.69) is 26.2 Å². The minimum atomic E-state index is -1.19. The van der Waals surface area contributed by atoms with Crippen LogP contribution < -0.4 is 5.32 Å². The number of carboxylic acids is 1. The number of hydrogen-bond acceptors (Lipinski definition) is 3. The van der Waals surface area contributed by atoms with Gasteiger partial charge in [-0.15, -0.1) is 0 Å². The van der Waals surface area contributed by atoms with E-state index >= 15 is 0 Å². The zero-order valence-electron chi connectivity index (χ0n) is 9.32. The second kappa shape index (κ2) is 5.31. The van der Waals surface area contributed by atoms with Crippen molar-refractivity contribution in [2.24, 2.45) is 0 Å². The Morgan fingerprint density at radius 3 is 2.68 bits per heavy atom. The van der Waals surface area contributed by atoms with Crippen molar-refractivity contribution in [2.45, 2.75) is 0 Å². The Morgan fingerprint density at radius 2 is 2.00 bits per heavy atom. The maximum Gasteiger partial charge on any atom is 0.337 e. The standard InChI is InChI=1S/C12H7BrF2N2O2/c13-7-3-9(15)10(4-8(7)14)17-11-5-16-2-1-6(11)12(18)19/h1-5,17H,(H,18,19). The third-order valence-electron chi connectivity index (χ3n) is 2.33. The molecule has 4 nitrogen and oxygen atoms in total. The van der Waals surface area contributed by atoms with Crippen LogP contribution in [0.3, 0.4) is 0 Å². The van der Waals surface area contributed by atoms with Crippen LogP contribution in [-0.4, -0.2) is 16.1 Å². The summed E-state index contributed by atoms with van der Waals surface area (Å²) in [5, 5.41) is 11.5. The molecule has 7 heteroatoms. The van der Waals surface area contributed by atoms with Gasteiger partial charge in [-0.25, -0.2) is 13.6 Å². The molecule has 0 unspecified atom stereocenters. The van der Waals surface area contributed by atoms with E-state index in [0.29, 0.717) is 0 Å². The summed E-state index contributed by atoms with van der Waals surface area (Å²) in [6.07, 6.45) is 2.52. The maximum absolute atomic E-state index is 13.6. The summed E-state index contributed by atoms with van der Waals surface area (Å²) in [5.74, 6) is -2.57. The Hall–Kier alpha value is -2.02. The molecule has 0 bridgehead atoms. The van der Waals surface area contributed by atoms with Gasteiger partial charge in [-0.05, 0) is 28.1 Å². The highest BCUT2D eigenvalue weighted by molar-refractivity contribution is 9.10. The van der Waals surface area contributed by atoms with E-state index in [1.54, 1.807) is 0 Å². The summed E-state index contributed by atoms with van der Waals surface area (Å²) >= 11 is 2.85. The van der Waals surface area contributed by atoms with Gasteiger partial charge in [-0.3, -0.25) is 4.98 Å². The normalized spacial score (nSPS) is 10.3. The third kappa shape index (κ3) is 2.87. The van der Waals surface area contributed by atoms with Crippen LogP contribution in [0.25, 0.3) is 0 Å². The van der Waals surface area contributed by atoms with Crippen LogP contribution in [0.1, 0.15) is 10.4 Å². The number of rotatable bonds is 3. The van der Waals surface area contributed by atoms with Gasteiger partial charge in [0.2, 0.25) is 0 Å². The lowest BCUT2D eigenvalue weighted by molar-refractivity contribution is 0.0698. The molecule has 0 saturated heterocycles. The molecule has 0 atom stereocenters. The third-order valence-corrected chi connectivity index (χ3v) is 2.94. The van der Waals surface area contributed by atoms with E-state index in [0.717, 1.165) is 12.1 Å². The Balaban J connectivity index is 2.42. The molecule has 2 rings (SSSR count). The van der Waals surface area contributed by atoms with Crippen molar-refractivity contribution in [1.82, 2.24) is 4.98 Å². The number of nitrogens with one attached hydrogen (secondary N) is 1. The molecule has 19 heavy (non-hydrogen) atoms. The quantitative estimate of drug-likeness (QED) is 0.845. The summed E-state index contributed by atoms with van der Waals surface area (Å²) in [5.41, 5.74) is -0.176. The monoisotopic (exact) mass is 328 g/mol. The van der Waals surface area contributed by atoms with Gasteiger partial charge in [-0.1, -0.05) is 0 Å². The molecule has 0 aliphatic heterocycles. The minimum absolute atomic E-state index is 0.0137. The number of carboxylic acid groups (broad SMARTS) is 1. The highest BCUT2D eigenvalue weighted by atomic mass is 79.9. The first-order valence-electron chi connectivity index (χ1n) is 5.08. The predicted octanol–water partition coefficient (Wildman–Crippen LogP) is 3.56. The van der Waals surface area contributed by atoms with Crippen molar-refractivity contribution in [2.75, 3.05) is 5.32 Å². The first kappa shape index (κ1) is 13.4. The number of hydrogen-bond donors (Lipinski definition) is 2. The number of carbonyl (C=O) groups is 1. The molecule has 98 valence electrons. The molecular weight excluding hydrogens is 322 g/mol. The van der Waals surface area contributed by atoms with Gasteiger partial charge < -0.3 is 10.4 Å². The molecule has 2 N–H and O–H groups in total. The van der Waals surface area contributed by atoms with Crippen molar-refractivity contribution < 1.29 is 18.7 Å². The summed E-state index contributed by atoms with van der Waals surface area (Å²) < 4.78 is 26.9. The lowest BCUT2D eigenvalue weighted by atomic mass is 10.2. The fourth-order valence-electron chi connectivity index (χ4n) is 1.44. The summed E-state index contributed by atoms with van der Waals surface area (Å²) in [7, 11) is 0. The van der Waals surface area contributed by atoms with Crippen molar-refractivity contribution in [3.63, 3.8) is 0 Å². The summed E-state index contributed by atoms with van der Waals surface area (Å²) in [6.45, 7) is 0. The zero-order valence-corrected chi connectivity index (χ0v) is 10.9. The molecule has 0 spiro atoms. The van der Waals surface area contributed by atoms with Gasteiger partial charge in [-0.2, -0.15) is 0 Å². The van der Waals surface area contributed by atoms with Crippen LogP contribution in [0.15, 0.2) is 35.1 Å². The van der Waals surface area contributed by atoms with Crippen LogP contribution in [-0.2, 0) is 0 Å². The van der Waals surface area contributed by atoms with Crippen LogP contribution in [0.2, 0.25) is 0 Å². The summed E-state index contributed by atoms with van der Waals surface area (Å²) in [6, 6.07) is 3.14. The first-order valence-corrected chi connectivity index (χ1v) is 5.87. The number of anilines is 2. The maximum atomic E-state index is 13.6. The molecular formula is C12H7BrF2N2O2. The molecule has 0 aliphatic carbocycles. The average Bonchev–Trinajstić information content (AvgIpc) is 2.36. The van der Waals surface area contributed by atoms with E-state index in [1.807, 2.05) is 0 Å². The van der Waals surface area contributed by atoms with Crippen molar-refractivity contribution >= 4 is 33.3 Å². The van der Waals surface area contributed by atoms with Crippen LogP contribution in [0.4, 0.5) is 20.2 Å². The SMILES string of the molecule is O=C(O)c1ccncc1Nc1cc(F)c(Br)cc1F. The topological polar surface area (TPSA) is 62.2 Å². The predicted molar refractivity (Wildman–Crippen MR) is 68.5 cm³/mol. The molecule has 2 aromatic rings. The Morgan fingerprint density at radius 1 is 1.26 bits per heavy atom. The van der Waals surface area contributed by atoms with Crippen molar-refractivity contribution in [1.29, 1.82) is 0 Å². The molecule has 1 heterocycles. The molecule has 0 fully saturated rings. The average molecular weight is 329 g/mol. The van der Waals surface area contributed by atoms with E-state index in [1.165, 1.54) is 18.5 Å². The number of aromatic carboxylic acids is 1. The Bertz CT molecular complexity index is 650. The lowest BCUT2D eigenvalue weighted by Crippen LogP contribution is -2.04. The van der Waals surface area contributed by atoms with Crippen LogP contribution >= 0.6 is 15.9 Å². The lowest BCUT2D eigenvalue weighted by Gasteiger charge is -2.10. The van der Waals surface area contributed by atoms with Crippen LogP contribution in [0, 0.1) is 11.6 Å². The smallest absolute Gasteiger partial charge is 0.337 e. The number of benzene rings is 1. The zero-order chi connectivity index (χ0) is 14.0. The van der Waals surface area contributed by atoms with Gasteiger partial charge in [0.15, 0.2) is 0 Å². The highest BCUT2D eigenvalue weighted by Gasteiger charge is 2.13. The van der Waals surface area contributed by atoms with E-state index < -0.39 is 17.6 Å². The molecule has 0 aliphatic rings. The Labute approximate surface area is 115 Å². The van der Waals surface area contributed by atoms with Gasteiger partial charge in [0.05, 0.1) is 27.6 Å². The second-order valence-electron chi connectivity index (χ2n) is 3.60. The molecule has 1 aromatic heterocycles. The van der Waals surface area contributed by atoms with Crippen molar-refractivity contribution in [3.8, 4) is 0 Å².